The molecule has 0 bridgehead atoms. The molecular weight excluding hydrogens is 364 g/mol. The molecule has 1 atom stereocenters. The van der Waals surface area contributed by atoms with Crippen molar-refractivity contribution in [2.75, 3.05) is 18.4 Å². The molecule has 1 fully saturated rings. The summed E-state index contributed by atoms with van der Waals surface area (Å²) in [5, 5.41) is 7.71. The van der Waals surface area contributed by atoms with Crippen LogP contribution in [0.1, 0.15) is 37.1 Å². The van der Waals surface area contributed by atoms with Crippen LogP contribution in [0.4, 0.5) is 5.95 Å². The molecule has 0 aliphatic carbocycles. The highest BCUT2D eigenvalue weighted by molar-refractivity contribution is 5.27. The van der Waals surface area contributed by atoms with Gasteiger partial charge in [-0.05, 0) is 31.4 Å². The van der Waals surface area contributed by atoms with Crippen LogP contribution < -0.4 is 10.9 Å². The average Bonchev–Trinajstić information content (AvgIpc) is 3.25. The van der Waals surface area contributed by atoms with Gasteiger partial charge in [0.2, 0.25) is 5.95 Å². The van der Waals surface area contributed by atoms with Gasteiger partial charge in [-0.1, -0.05) is 30.3 Å². The molecule has 3 heterocycles. The Bertz CT molecular complexity index is 945. The highest BCUT2D eigenvalue weighted by Crippen LogP contribution is 2.17. The van der Waals surface area contributed by atoms with Gasteiger partial charge in [-0.2, -0.15) is 5.10 Å². The van der Waals surface area contributed by atoms with E-state index in [0.29, 0.717) is 18.4 Å². The molecule has 2 N–H and O–H groups in total. The Morgan fingerprint density at radius 3 is 2.72 bits per heavy atom. The molecular formula is C22H28N6O. The summed E-state index contributed by atoms with van der Waals surface area (Å²) < 4.78 is 1.89. The van der Waals surface area contributed by atoms with Crippen LogP contribution in [-0.2, 0) is 13.0 Å². The maximum Gasteiger partial charge on any atom is 0.252 e. The van der Waals surface area contributed by atoms with E-state index in [4.69, 9.17) is 0 Å². The van der Waals surface area contributed by atoms with E-state index in [1.165, 1.54) is 5.56 Å². The summed E-state index contributed by atoms with van der Waals surface area (Å²) in [5.74, 6) is 0.571. The Balaban J connectivity index is 1.33. The molecule has 0 saturated carbocycles. The fourth-order valence-electron chi connectivity index (χ4n) is 3.89. The van der Waals surface area contributed by atoms with Gasteiger partial charge in [0.05, 0.1) is 11.7 Å². The number of anilines is 1. The summed E-state index contributed by atoms with van der Waals surface area (Å²) in [6.07, 6.45) is 6.42. The number of hydrogen-bond donors (Lipinski definition) is 2. The first-order valence-electron chi connectivity index (χ1n) is 10.3. The van der Waals surface area contributed by atoms with E-state index >= 15 is 0 Å². The van der Waals surface area contributed by atoms with E-state index in [-0.39, 0.29) is 11.6 Å². The first-order valence-corrected chi connectivity index (χ1v) is 10.3. The minimum absolute atomic E-state index is 0.119. The molecule has 2 aromatic heterocycles. The van der Waals surface area contributed by atoms with Crippen molar-refractivity contribution >= 4 is 5.95 Å². The topological polar surface area (TPSA) is 78.8 Å². The Labute approximate surface area is 170 Å². The van der Waals surface area contributed by atoms with Gasteiger partial charge >= 0.3 is 0 Å². The number of likely N-dealkylation sites (tertiary alicyclic amines) is 1. The molecule has 1 aliphatic rings. The number of rotatable bonds is 7. The molecule has 4 rings (SSSR count). The molecule has 7 heteroatoms. The maximum absolute atomic E-state index is 12.1. The van der Waals surface area contributed by atoms with Crippen molar-refractivity contribution in [1.29, 1.82) is 0 Å². The van der Waals surface area contributed by atoms with Gasteiger partial charge in [-0.3, -0.25) is 19.4 Å². The van der Waals surface area contributed by atoms with Gasteiger partial charge < -0.3 is 5.32 Å². The molecule has 1 aliphatic heterocycles. The van der Waals surface area contributed by atoms with Crippen LogP contribution in [0.25, 0.3) is 0 Å². The molecule has 0 radical (unpaired) electrons. The zero-order valence-corrected chi connectivity index (χ0v) is 16.8. The quantitative estimate of drug-likeness (QED) is 0.646. The summed E-state index contributed by atoms with van der Waals surface area (Å²) in [5.41, 5.74) is 2.01. The molecule has 152 valence electrons. The first kappa shape index (κ1) is 19.4. The van der Waals surface area contributed by atoms with E-state index in [2.05, 4.69) is 62.5 Å². The van der Waals surface area contributed by atoms with Gasteiger partial charge in [-0.15, -0.1) is 0 Å². The Morgan fingerprint density at radius 1 is 1.21 bits per heavy atom. The lowest BCUT2D eigenvalue weighted by Gasteiger charge is -2.32. The summed E-state index contributed by atoms with van der Waals surface area (Å²) in [6, 6.07) is 14.5. The van der Waals surface area contributed by atoms with Gasteiger partial charge in [-0.25, -0.2) is 4.98 Å². The minimum atomic E-state index is -0.119. The third-order valence-corrected chi connectivity index (χ3v) is 5.45. The van der Waals surface area contributed by atoms with E-state index in [1.807, 2.05) is 16.9 Å². The maximum atomic E-state index is 12.1. The van der Waals surface area contributed by atoms with Gasteiger partial charge in [0.1, 0.15) is 0 Å². The highest BCUT2D eigenvalue weighted by atomic mass is 16.1. The van der Waals surface area contributed by atoms with E-state index in [0.717, 1.165) is 38.2 Å². The third-order valence-electron chi connectivity index (χ3n) is 5.45. The summed E-state index contributed by atoms with van der Waals surface area (Å²) in [4.78, 5) is 22.1. The van der Waals surface area contributed by atoms with Crippen molar-refractivity contribution in [3.63, 3.8) is 0 Å². The van der Waals surface area contributed by atoms with Crippen molar-refractivity contribution < 1.29 is 0 Å². The monoisotopic (exact) mass is 392 g/mol. The molecule has 7 nitrogen and oxygen atoms in total. The standard InChI is InChI=1S/C22H28N6O/c1-17(28-11-5-10-23-28)14-20-15-21(29)26-22(25-20)24-19-8-12-27(13-9-19)16-18-6-3-2-4-7-18/h2-7,10-11,15,17,19H,8-9,12-14,16H2,1H3,(H2,24,25,26,29)/t17-/m1/s1. The molecule has 3 aromatic rings. The number of nitrogens with one attached hydrogen (secondary N) is 2. The number of benzene rings is 1. The van der Waals surface area contributed by atoms with Crippen LogP contribution in [0.3, 0.4) is 0 Å². The van der Waals surface area contributed by atoms with Gasteiger partial charge in [0.15, 0.2) is 0 Å². The summed E-state index contributed by atoms with van der Waals surface area (Å²) in [7, 11) is 0. The second kappa shape index (κ2) is 9.05. The zero-order valence-electron chi connectivity index (χ0n) is 16.8. The van der Waals surface area contributed by atoms with Crippen LogP contribution in [0.5, 0.6) is 0 Å². The summed E-state index contributed by atoms with van der Waals surface area (Å²) in [6.45, 7) is 5.13. The van der Waals surface area contributed by atoms with Crippen LogP contribution in [0.2, 0.25) is 0 Å². The Morgan fingerprint density at radius 2 is 2.00 bits per heavy atom. The van der Waals surface area contributed by atoms with Crippen molar-refractivity contribution in [2.45, 2.75) is 44.8 Å². The average molecular weight is 393 g/mol. The Kier molecular flexibility index (Phi) is 6.05. The lowest BCUT2D eigenvalue weighted by atomic mass is 10.0. The molecule has 0 spiro atoms. The molecule has 1 saturated heterocycles. The van der Waals surface area contributed by atoms with E-state index < -0.39 is 0 Å². The number of piperidine rings is 1. The third kappa shape index (κ3) is 5.32. The van der Waals surface area contributed by atoms with Crippen LogP contribution in [0.15, 0.2) is 59.7 Å². The van der Waals surface area contributed by atoms with Gasteiger partial charge in [0.25, 0.3) is 5.56 Å². The van der Waals surface area contributed by atoms with Crippen LogP contribution in [-0.4, -0.2) is 43.8 Å². The lowest BCUT2D eigenvalue weighted by molar-refractivity contribution is 0.211. The second-order valence-corrected chi connectivity index (χ2v) is 7.80. The first-order chi connectivity index (χ1) is 14.2. The van der Waals surface area contributed by atoms with Gasteiger partial charge in [0, 0.05) is 50.6 Å². The van der Waals surface area contributed by atoms with Crippen LogP contribution >= 0.6 is 0 Å². The SMILES string of the molecule is C[C@H](Cc1cc(=O)[nH]c(NC2CCN(Cc3ccccc3)CC2)n1)n1cccn1. The number of nitrogens with zero attached hydrogens (tertiary/aromatic N) is 4. The number of H-pyrrole nitrogens is 1. The minimum Gasteiger partial charge on any atom is -0.353 e. The fourth-order valence-corrected chi connectivity index (χ4v) is 3.89. The van der Waals surface area contributed by atoms with Crippen LogP contribution in [0, 0.1) is 0 Å². The number of aromatic amines is 1. The predicted octanol–water partition coefficient (Wildman–Crippen LogP) is 2.85. The lowest BCUT2D eigenvalue weighted by Crippen LogP contribution is -2.39. The van der Waals surface area contributed by atoms with Crippen molar-refractivity contribution in [1.82, 2.24) is 24.6 Å². The van der Waals surface area contributed by atoms with E-state index in [1.54, 1.807) is 12.3 Å². The highest BCUT2D eigenvalue weighted by Gasteiger charge is 2.20. The number of aromatic nitrogens is 4. The largest absolute Gasteiger partial charge is 0.353 e. The van der Waals surface area contributed by atoms with Crippen molar-refractivity contribution in [3.05, 3.63) is 76.5 Å². The molecule has 1 aromatic carbocycles. The smallest absolute Gasteiger partial charge is 0.252 e. The Hall–Kier alpha value is -2.93. The normalized spacial score (nSPS) is 16.6. The fraction of sp³-hybridized carbons (Fsp3) is 0.409. The zero-order chi connectivity index (χ0) is 20.1. The second-order valence-electron chi connectivity index (χ2n) is 7.80. The molecule has 0 unspecified atom stereocenters. The molecule has 0 amide bonds. The number of hydrogen-bond acceptors (Lipinski definition) is 5. The summed E-state index contributed by atoms with van der Waals surface area (Å²) >= 11 is 0. The van der Waals surface area contributed by atoms with Crippen molar-refractivity contribution in [2.24, 2.45) is 0 Å². The predicted molar refractivity (Wildman–Crippen MR) is 114 cm³/mol. The van der Waals surface area contributed by atoms with Crippen molar-refractivity contribution in [3.8, 4) is 0 Å². The molecule has 29 heavy (non-hydrogen) atoms. The van der Waals surface area contributed by atoms with E-state index in [9.17, 15) is 4.79 Å².